The summed E-state index contributed by atoms with van der Waals surface area (Å²) in [5.74, 6) is 1.49. The van der Waals surface area contributed by atoms with Gasteiger partial charge in [0, 0.05) is 12.5 Å². The first-order chi connectivity index (χ1) is 13.7. The Labute approximate surface area is 166 Å². The van der Waals surface area contributed by atoms with Crippen LogP contribution in [0.1, 0.15) is 39.0 Å². The van der Waals surface area contributed by atoms with Gasteiger partial charge in [0.1, 0.15) is 6.61 Å². The van der Waals surface area contributed by atoms with E-state index in [0.29, 0.717) is 24.6 Å². The Morgan fingerprint density at radius 3 is 3.04 bits per heavy atom. The monoisotopic (exact) mass is 380 g/mol. The van der Waals surface area contributed by atoms with Gasteiger partial charge in [0.25, 0.3) is 0 Å². The Balaban J connectivity index is 1.59. The number of allylic oxidation sites excluding steroid dienone is 7. The number of ketones is 1. The zero-order chi connectivity index (χ0) is 19.8. The highest BCUT2D eigenvalue weighted by atomic mass is 16.5. The average Bonchev–Trinajstić information content (AvgIpc) is 2.73. The molecule has 1 aromatic rings. The maximum atomic E-state index is 12.7. The lowest BCUT2D eigenvalue weighted by Crippen LogP contribution is -2.19. The number of carbonyl (C=O) groups excluding carboxylic acids is 1. The van der Waals surface area contributed by atoms with Crippen molar-refractivity contribution in [2.24, 2.45) is 5.92 Å². The topological polar surface area (TPSA) is 90.1 Å². The van der Waals surface area contributed by atoms with Crippen LogP contribution in [0.15, 0.2) is 53.8 Å². The number of nitrogens with zero attached hydrogens (tertiary/aromatic N) is 2. The van der Waals surface area contributed by atoms with E-state index < -0.39 is 0 Å². The molecule has 6 nitrogen and oxygen atoms in total. The van der Waals surface area contributed by atoms with Crippen LogP contribution >= 0.6 is 0 Å². The molecule has 0 amide bonds. The Bertz CT molecular complexity index is 824. The molecule has 1 heterocycles. The highest BCUT2D eigenvalue weighted by molar-refractivity contribution is 5.99. The van der Waals surface area contributed by atoms with E-state index in [1.807, 2.05) is 30.4 Å². The Hall–Kier alpha value is -2.89. The predicted octanol–water partition coefficient (Wildman–Crippen LogP) is 4.00. The number of carbonyl (C=O) groups is 1. The van der Waals surface area contributed by atoms with Crippen molar-refractivity contribution in [1.82, 2.24) is 9.97 Å². The van der Waals surface area contributed by atoms with Crippen LogP contribution < -0.4 is 15.8 Å². The lowest BCUT2D eigenvalue weighted by Gasteiger charge is -2.20. The molecule has 2 aliphatic carbocycles. The van der Waals surface area contributed by atoms with E-state index in [4.69, 9.17) is 10.5 Å². The number of ether oxygens (including phenoxy) is 1. The molecule has 28 heavy (non-hydrogen) atoms. The zero-order valence-corrected chi connectivity index (χ0v) is 16.4. The van der Waals surface area contributed by atoms with Crippen molar-refractivity contribution < 1.29 is 9.53 Å². The molecule has 0 saturated heterocycles. The van der Waals surface area contributed by atoms with Crippen LogP contribution in [0.4, 0.5) is 11.8 Å². The molecular weight excluding hydrogens is 352 g/mol. The van der Waals surface area contributed by atoms with Crippen LogP contribution in [0.2, 0.25) is 0 Å². The molecule has 1 aromatic heterocycles. The van der Waals surface area contributed by atoms with E-state index >= 15 is 0 Å². The minimum atomic E-state index is -0.119. The molecular formula is C22H28N4O2. The molecule has 1 atom stereocenters. The van der Waals surface area contributed by atoms with Gasteiger partial charge in [-0.05, 0) is 36.8 Å². The maximum absolute atomic E-state index is 12.7. The molecule has 1 unspecified atom stereocenters. The summed E-state index contributed by atoms with van der Waals surface area (Å²) in [5, 5.41) is 3.26. The van der Waals surface area contributed by atoms with Crippen molar-refractivity contribution in [1.29, 1.82) is 0 Å². The minimum Gasteiger partial charge on any atom is -0.484 e. The minimum absolute atomic E-state index is 0.119. The van der Waals surface area contributed by atoms with Gasteiger partial charge in [-0.1, -0.05) is 49.8 Å². The Kier molecular flexibility index (Phi) is 7.00. The molecule has 0 bridgehead atoms. The van der Waals surface area contributed by atoms with Crippen LogP contribution in [0, 0.1) is 5.92 Å². The molecule has 0 aromatic carbocycles. The van der Waals surface area contributed by atoms with Gasteiger partial charge in [-0.2, -0.15) is 4.98 Å². The van der Waals surface area contributed by atoms with Crippen molar-refractivity contribution in [3.8, 4) is 5.75 Å². The molecule has 2 aliphatic rings. The van der Waals surface area contributed by atoms with Crippen molar-refractivity contribution in [3.05, 3.63) is 53.8 Å². The number of hydrogen-bond acceptors (Lipinski definition) is 6. The average molecular weight is 380 g/mol. The van der Waals surface area contributed by atoms with E-state index in [1.165, 1.54) is 0 Å². The number of Topliss-reactive ketones (excluding diaryl/α,β-unsaturated/α-hetero) is 1. The molecule has 3 N–H and O–H groups in total. The summed E-state index contributed by atoms with van der Waals surface area (Å²) < 4.78 is 5.95. The molecule has 3 rings (SSSR count). The summed E-state index contributed by atoms with van der Waals surface area (Å²) in [6, 6.07) is 0. The summed E-state index contributed by atoms with van der Waals surface area (Å²) in [5.41, 5.74) is 7.69. The molecule has 0 radical (unpaired) electrons. The van der Waals surface area contributed by atoms with Crippen molar-refractivity contribution in [2.45, 2.75) is 39.0 Å². The largest absolute Gasteiger partial charge is 0.484 e. The van der Waals surface area contributed by atoms with Crippen molar-refractivity contribution in [3.63, 3.8) is 0 Å². The van der Waals surface area contributed by atoms with E-state index in [9.17, 15) is 4.79 Å². The van der Waals surface area contributed by atoms with Gasteiger partial charge in [0.2, 0.25) is 5.95 Å². The van der Waals surface area contributed by atoms with Crippen LogP contribution in [0.5, 0.6) is 5.75 Å². The fraction of sp³-hybridized carbons (Fsp3) is 0.409. The number of nitrogen functional groups attached to an aromatic ring is 1. The summed E-state index contributed by atoms with van der Waals surface area (Å²) in [7, 11) is 0. The molecule has 0 fully saturated rings. The summed E-state index contributed by atoms with van der Waals surface area (Å²) in [6.07, 6.45) is 18.1. The fourth-order valence-electron chi connectivity index (χ4n) is 3.25. The van der Waals surface area contributed by atoms with Crippen LogP contribution in [-0.2, 0) is 4.79 Å². The normalized spacial score (nSPS) is 18.4. The number of nitrogens with two attached hydrogens (primary N) is 1. The molecule has 6 heteroatoms. The standard InChI is InChI=1S/C22H28N4O2/c1-2-3-12-24-21-19(14-25-22(23)26-21)28-15-16-8-7-11-18(13-16)20(27)17-9-5-4-6-10-17/h4-5,7-9,11,14,18H,2-3,6,10,12-13,15H2,1H3,(H3,23,24,25,26). The molecule has 0 spiro atoms. The van der Waals surface area contributed by atoms with E-state index in [2.05, 4.69) is 28.3 Å². The quantitative estimate of drug-likeness (QED) is 0.630. The summed E-state index contributed by atoms with van der Waals surface area (Å²) >= 11 is 0. The summed E-state index contributed by atoms with van der Waals surface area (Å²) in [4.78, 5) is 21.0. The number of hydrogen-bond donors (Lipinski definition) is 2. The highest BCUT2D eigenvalue weighted by Crippen LogP contribution is 2.27. The Morgan fingerprint density at radius 2 is 2.25 bits per heavy atom. The third-order valence-corrected chi connectivity index (χ3v) is 4.83. The lowest BCUT2D eigenvalue weighted by atomic mass is 9.85. The van der Waals surface area contributed by atoms with Gasteiger partial charge in [-0.3, -0.25) is 4.79 Å². The second-order valence-electron chi connectivity index (χ2n) is 7.05. The first-order valence-corrected chi connectivity index (χ1v) is 9.92. The van der Waals surface area contributed by atoms with Crippen LogP contribution in [0.25, 0.3) is 0 Å². The smallest absolute Gasteiger partial charge is 0.222 e. The fourth-order valence-corrected chi connectivity index (χ4v) is 3.25. The number of rotatable bonds is 9. The third kappa shape index (κ3) is 5.31. The second-order valence-corrected chi connectivity index (χ2v) is 7.05. The van der Waals surface area contributed by atoms with Crippen molar-refractivity contribution >= 4 is 17.5 Å². The molecule has 0 saturated carbocycles. The van der Waals surface area contributed by atoms with Crippen LogP contribution in [0.3, 0.4) is 0 Å². The number of unbranched alkanes of at least 4 members (excludes halogenated alkanes) is 1. The van der Waals surface area contributed by atoms with Gasteiger partial charge in [0.05, 0.1) is 6.20 Å². The molecule has 148 valence electrons. The predicted molar refractivity (Wildman–Crippen MR) is 112 cm³/mol. The highest BCUT2D eigenvalue weighted by Gasteiger charge is 2.23. The maximum Gasteiger partial charge on any atom is 0.222 e. The van der Waals surface area contributed by atoms with E-state index in [-0.39, 0.29) is 17.6 Å². The van der Waals surface area contributed by atoms with Gasteiger partial charge in [-0.25, -0.2) is 4.98 Å². The number of aromatic nitrogens is 2. The van der Waals surface area contributed by atoms with Gasteiger partial charge in [0.15, 0.2) is 17.4 Å². The van der Waals surface area contributed by atoms with Gasteiger partial charge in [-0.15, -0.1) is 0 Å². The van der Waals surface area contributed by atoms with E-state index in [1.54, 1.807) is 6.20 Å². The molecule has 0 aliphatic heterocycles. The summed E-state index contributed by atoms with van der Waals surface area (Å²) in [6.45, 7) is 3.32. The van der Waals surface area contributed by atoms with Crippen LogP contribution in [-0.4, -0.2) is 28.9 Å². The zero-order valence-electron chi connectivity index (χ0n) is 16.4. The van der Waals surface area contributed by atoms with Crippen molar-refractivity contribution in [2.75, 3.05) is 24.2 Å². The van der Waals surface area contributed by atoms with Gasteiger partial charge >= 0.3 is 0 Å². The first kappa shape index (κ1) is 19.9. The van der Waals surface area contributed by atoms with Gasteiger partial charge < -0.3 is 15.8 Å². The number of nitrogens with one attached hydrogen (secondary N) is 1. The third-order valence-electron chi connectivity index (χ3n) is 4.83. The number of anilines is 2. The SMILES string of the molecule is CCCCNc1nc(N)ncc1OCC1=CC=CC(C(=O)C2=CC=CCC2)C1. The van der Waals surface area contributed by atoms with E-state index in [0.717, 1.165) is 43.4 Å². The Morgan fingerprint density at radius 1 is 1.36 bits per heavy atom. The second kappa shape index (κ2) is 9.88. The lowest BCUT2D eigenvalue weighted by molar-refractivity contribution is -0.118. The first-order valence-electron chi connectivity index (χ1n) is 9.92.